The van der Waals surface area contributed by atoms with Crippen molar-refractivity contribution < 1.29 is 4.39 Å². The van der Waals surface area contributed by atoms with Crippen molar-refractivity contribution in [2.45, 2.75) is 18.9 Å². The highest BCUT2D eigenvalue weighted by Crippen LogP contribution is 2.31. The van der Waals surface area contributed by atoms with Crippen LogP contribution < -0.4 is 10.2 Å². The van der Waals surface area contributed by atoms with E-state index in [0.29, 0.717) is 11.3 Å². The van der Waals surface area contributed by atoms with Crippen LogP contribution in [0.25, 0.3) is 10.9 Å². The molecule has 0 unspecified atom stereocenters. The molecular weight excluding hydrogens is 327 g/mol. The van der Waals surface area contributed by atoms with Crippen LogP contribution >= 0.6 is 0 Å². The van der Waals surface area contributed by atoms with Gasteiger partial charge in [0.25, 0.3) is 0 Å². The Balaban J connectivity index is 1.54. The maximum Gasteiger partial charge on any atom is 0.146 e. The topological polar surface area (TPSA) is 52.0 Å². The minimum Gasteiger partial charge on any atom is -0.380 e. The Morgan fingerprint density at radius 3 is 2.58 bits per heavy atom. The second-order valence-electron chi connectivity index (χ2n) is 6.53. The molecule has 0 bridgehead atoms. The molecule has 1 aliphatic heterocycles. The molecule has 1 saturated heterocycles. The molecule has 0 spiro atoms. The lowest BCUT2D eigenvalue weighted by molar-refractivity contribution is 0.523. The molecule has 2 heterocycles. The van der Waals surface area contributed by atoms with Gasteiger partial charge in [0.15, 0.2) is 0 Å². The zero-order valence-electron chi connectivity index (χ0n) is 14.3. The normalized spacial score (nSPS) is 15.0. The van der Waals surface area contributed by atoms with Crippen LogP contribution in [0, 0.1) is 17.1 Å². The van der Waals surface area contributed by atoms with Crippen molar-refractivity contribution in [2.75, 3.05) is 23.3 Å². The van der Waals surface area contributed by atoms with E-state index in [1.54, 1.807) is 18.3 Å². The zero-order valence-corrected chi connectivity index (χ0v) is 14.3. The predicted octanol–water partition coefficient (Wildman–Crippen LogP) is 4.33. The number of benzene rings is 2. The number of para-hydroxylation sites is 2. The van der Waals surface area contributed by atoms with Crippen molar-refractivity contribution in [3.63, 3.8) is 0 Å². The van der Waals surface area contributed by atoms with Gasteiger partial charge in [0.2, 0.25) is 0 Å². The fourth-order valence-corrected chi connectivity index (χ4v) is 3.59. The SMILES string of the molecule is N#Cc1cnc2ccccc2c1N1CCC(Nc2ccccc2F)CC1. The highest BCUT2D eigenvalue weighted by atomic mass is 19.1. The van der Waals surface area contributed by atoms with E-state index in [9.17, 15) is 9.65 Å². The van der Waals surface area contributed by atoms with Gasteiger partial charge in [0, 0.05) is 30.7 Å². The number of pyridine rings is 1. The molecule has 1 aliphatic rings. The summed E-state index contributed by atoms with van der Waals surface area (Å²) in [6.45, 7) is 1.63. The van der Waals surface area contributed by atoms with Crippen molar-refractivity contribution >= 4 is 22.3 Å². The number of rotatable bonds is 3. The van der Waals surface area contributed by atoms with Gasteiger partial charge >= 0.3 is 0 Å². The van der Waals surface area contributed by atoms with E-state index in [1.165, 1.54) is 6.07 Å². The summed E-state index contributed by atoms with van der Waals surface area (Å²) in [5, 5.41) is 13.8. The molecule has 0 aliphatic carbocycles. The van der Waals surface area contributed by atoms with E-state index in [-0.39, 0.29) is 11.9 Å². The molecule has 4 rings (SSSR count). The Morgan fingerprint density at radius 1 is 1.08 bits per heavy atom. The minimum atomic E-state index is -0.221. The Hall–Kier alpha value is -3.13. The molecule has 1 aromatic heterocycles. The van der Waals surface area contributed by atoms with Crippen LogP contribution in [0.4, 0.5) is 15.8 Å². The fraction of sp³-hybridized carbons (Fsp3) is 0.238. The van der Waals surface area contributed by atoms with Crippen molar-refractivity contribution in [3.8, 4) is 6.07 Å². The molecule has 2 aromatic carbocycles. The lowest BCUT2D eigenvalue weighted by atomic mass is 10.0. The van der Waals surface area contributed by atoms with Gasteiger partial charge < -0.3 is 10.2 Å². The van der Waals surface area contributed by atoms with Gasteiger partial charge in [-0.05, 0) is 31.0 Å². The number of anilines is 2. The smallest absolute Gasteiger partial charge is 0.146 e. The zero-order chi connectivity index (χ0) is 17.9. The first-order valence-corrected chi connectivity index (χ1v) is 8.80. The van der Waals surface area contributed by atoms with E-state index in [4.69, 9.17) is 0 Å². The van der Waals surface area contributed by atoms with Crippen LogP contribution in [0.1, 0.15) is 18.4 Å². The van der Waals surface area contributed by atoms with Crippen LogP contribution in [0.15, 0.2) is 54.7 Å². The average molecular weight is 346 g/mol. The molecule has 4 nitrogen and oxygen atoms in total. The monoisotopic (exact) mass is 346 g/mol. The third-order valence-corrected chi connectivity index (χ3v) is 4.91. The van der Waals surface area contributed by atoms with Crippen molar-refractivity contribution in [1.82, 2.24) is 4.98 Å². The van der Waals surface area contributed by atoms with Gasteiger partial charge in [-0.15, -0.1) is 0 Å². The Kier molecular flexibility index (Phi) is 4.40. The quantitative estimate of drug-likeness (QED) is 0.767. The van der Waals surface area contributed by atoms with Crippen LogP contribution in [-0.4, -0.2) is 24.1 Å². The summed E-state index contributed by atoms with van der Waals surface area (Å²) in [6.07, 6.45) is 3.42. The number of fused-ring (bicyclic) bond motifs is 1. The van der Waals surface area contributed by atoms with Gasteiger partial charge in [-0.1, -0.05) is 30.3 Å². The highest BCUT2D eigenvalue weighted by Gasteiger charge is 2.23. The maximum atomic E-state index is 13.8. The molecular formula is C21H19FN4. The first kappa shape index (κ1) is 16.3. The van der Waals surface area contributed by atoms with Gasteiger partial charge in [0.1, 0.15) is 11.9 Å². The maximum absolute atomic E-state index is 13.8. The van der Waals surface area contributed by atoms with E-state index in [1.807, 2.05) is 30.3 Å². The summed E-state index contributed by atoms with van der Waals surface area (Å²) in [7, 11) is 0. The molecule has 3 aromatic rings. The minimum absolute atomic E-state index is 0.221. The molecule has 0 radical (unpaired) electrons. The first-order chi connectivity index (χ1) is 12.8. The molecule has 130 valence electrons. The number of hydrogen-bond donors (Lipinski definition) is 1. The Bertz CT molecular complexity index is 971. The predicted molar refractivity (Wildman–Crippen MR) is 102 cm³/mol. The van der Waals surface area contributed by atoms with E-state index < -0.39 is 0 Å². The molecule has 0 saturated carbocycles. The summed E-state index contributed by atoms with van der Waals surface area (Å²) in [5.41, 5.74) is 3.01. The van der Waals surface area contributed by atoms with Crippen LogP contribution in [-0.2, 0) is 0 Å². The largest absolute Gasteiger partial charge is 0.380 e. The van der Waals surface area contributed by atoms with Gasteiger partial charge in [0.05, 0.1) is 22.5 Å². The third-order valence-electron chi connectivity index (χ3n) is 4.91. The number of halogens is 1. The first-order valence-electron chi connectivity index (χ1n) is 8.80. The van der Waals surface area contributed by atoms with Crippen LogP contribution in [0.5, 0.6) is 0 Å². The molecule has 26 heavy (non-hydrogen) atoms. The fourth-order valence-electron chi connectivity index (χ4n) is 3.59. The second-order valence-corrected chi connectivity index (χ2v) is 6.53. The number of aromatic nitrogens is 1. The van der Waals surface area contributed by atoms with E-state index >= 15 is 0 Å². The van der Waals surface area contributed by atoms with E-state index in [2.05, 4.69) is 21.3 Å². The van der Waals surface area contributed by atoms with Gasteiger partial charge in [-0.25, -0.2) is 4.39 Å². The summed E-state index contributed by atoms with van der Waals surface area (Å²) >= 11 is 0. The standard InChI is InChI=1S/C21H19FN4/c22-18-6-2-4-8-20(18)25-16-9-11-26(12-10-16)21-15(13-23)14-24-19-7-3-1-5-17(19)21/h1-8,14,16,25H,9-12H2. The number of nitrogens with zero attached hydrogens (tertiary/aromatic N) is 3. The molecule has 0 atom stereocenters. The van der Waals surface area contributed by atoms with Gasteiger partial charge in [-0.2, -0.15) is 5.26 Å². The average Bonchev–Trinajstić information content (AvgIpc) is 2.69. The van der Waals surface area contributed by atoms with Crippen molar-refractivity contribution in [3.05, 3.63) is 66.1 Å². The number of nitrogens with one attached hydrogen (secondary N) is 1. The Labute approximate surface area is 151 Å². The third kappa shape index (κ3) is 3.06. The van der Waals surface area contributed by atoms with Crippen molar-refractivity contribution in [1.29, 1.82) is 5.26 Å². The molecule has 1 N–H and O–H groups in total. The molecule has 0 amide bonds. The lowest BCUT2D eigenvalue weighted by Gasteiger charge is -2.35. The second kappa shape index (κ2) is 7.01. The summed E-state index contributed by atoms with van der Waals surface area (Å²) in [5.74, 6) is -0.221. The highest BCUT2D eigenvalue weighted by molar-refractivity contribution is 5.94. The summed E-state index contributed by atoms with van der Waals surface area (Å²) in [6, 6.07) is 17.2. The Morgan fingerprint density at radius 2 is 1.81 bits per heavy atom. The van der Waals surface area contributed by atoms with Crippen LogP contribution in [0.2, 0.25) is 0 Å². The summed E-state index contributed by atoms with van der Waals surface area (Å²) in [4.78, 5) is 6.64. The number of hydrogen-bond acceptors (Lipinski definition) is 4. The van der Waals surface area contributed by atoms with Crippen molar-refractivity contribution in [2.24, 2.45) is 0 Å². The lowest BCUT2D eigenvalue weighted by Crippen LogP contribution is -2.39. The number of piperidine rings is 1. The van der Waals surface area contributed by atoms with E-state index in [0.717, 1.165) is 42.5 Å². The van der Waals surface area contributed by atoms with Crippen LogP contribution in [0.3, 0.4) is 0 Å². The molecule has 1 fully saturated rings. The van der Waals surface area contributed by atoms with Gasteiger partial charge in [-0.3, -0.25) is 4.98 Å². The summed E-state index contributed by atoms with van der Waals surface area (Å²) < 4.78 is 13.8. The molecule has 5 heteroatoms. The number of nitriles is 1.